The van der Waals surface area contributed by atoms with Gasteiger partial charge in [-0.15, -0.1) is 0 Å². The second-order valence-corrected chi connectivity index (χ2v) is 5.92. The Hall–Kier alpha value is -2.67. The topological polar surface area (TPSA) is 77.6 Å². The number of halogens is 1. The van der Waals surface area contributed by atoms with E-state index in [1.54, 1.807) is 33.9 Å². The Morgan fingerprint density at radius 2 is 2.04 bits per heavy atom. The number of nitrogens with zero attached hydrogens (tertiary/aromatic N) is 5. The highest BCUT2D eigenvalue weighted by Gasteiger charge is 2.13. The lowest BCUT2D eigenvalue weighted by molar-refractivity contribution is 0.102. The van der Waals surface area contributed by atoms with Crippen molar-refractivity contribution in [1.29, 1.82) is 0 Å². The van der Waals surface area contributed by atoms with Crippen LogP contribution in [0, 0.1) is 20.8 Å². The van der Waals surface area contributed by atoms with E-state index in [0.29, 0.717) is 23.2 Å². The Bertz CT molecular complexity index is 898. The molecule has 0 aliphatic rings. The Labute approximate surface area is 144 Å². The van der Waals surface area contributed by atoms with E-state index in [1.807, 2.05) is 26.8 Å². The zero-order valence-electron chi connectivity index (χ0n) is 13.6. The third-order valence-corrected chi connectivity index (χ3v) is 4.15. The number of aryl methyl sites for hydroxylation is 2. The summed E-state index contributed by atoms with van der Waals surface area (Å²) in [4.78, 5) is 16.4. The van der Waals surface area contributed by atoms with Gasteiger partial charge in [0.25, 0.3) is 5.91 Å². The van der Waals surface area contributed by atoms with Crippen molar-refractivity contribution in [3.8, 4) is 0 Å². The predicted molar refractivity (Wildman–Crippen MR) is 91.3 cm³/mol. The number of anilines is 1. The molecule has 0 fully saturated rings. The molecular weight excluding hydrogens is 328 g/mol. The van der Waals surface area contributed by atoms with E-state index in [4.69, 9.17) is 11.6 Å². The molecule has 24 heavy (non-hydrogen) atoms. The van der Waals surface area contributed by atoms with Gasteiger partial charge in [-0.1, -0.05) is 11.6 Å². The molecule has 7 nitrogen and oxygen atoms in total. The summed E-state index contributed by atoms with van der Waals surface area (Å²) in [7, 11) is 0. The van der Waals surface area contributed by atoms with Gasteiger partial charge in [-0.25, -0.2) is 9.67 Å². The number of carbonyl (C=O) groups excluding carboxylic acids is 1. The summed E-state index contributed by atoms with van der Waals surface area (Å²) in [5.41, 5.74) is 2.96. The number of nitrogens with one attached hydrogen (secondary N) is 1. The minimum atomic E-state index is -0.307. The van der Waals surface area contributed by atoms with Crippen LogP contribution in [-0.2, 0) is 6.67 Å². The van der Waals surface area contributed by atoms with E-state index in [0.717, 1.165) is 17.0 Å². The van der Waals surface area contributed by atoms with Gasteiger partial charge in [0.2, 0.25) is 0 Å². The zero-order valence-corrected chi connectivity index (χ0v) is 14.4. The Kier molecular flexibility index (Phi) is 4.35. The summed E-state index contributed by atoms with van der Waals surface area (Å²) in [6.45, 7) is 6.06. The number of pyridine rings is 1. The van der Waals surface area contributed by atoms with Crippen LogP contribution in [0.5, 0.6) is 0 Å². The second-order valence-electron chi connectivity index (χ2n) is 5.54. The van der Waals surface area contributed by atoms with Gasteiger partial charge in [0.05, 0.1) is 16.4 Å². The molecule has 0 saturated heterocycles. The smallest absolute Gasteiger partial charge is 0.277 e. The molecule has 0 atom stereocenters. The maximum absolute atomic E-state index is 12.2. The largest absolute Gasteiger partial charge is 0.305 e. The van der Waals surface area contributed by atoms with Gasteiger partial charge >= 0.3 is 0 Å². The van der Waals surface area contributed by atoms with Crippen molar-refractivity contribution in [2.45, 2.75) is 27.4 Å². The van der Waals surface area contributed by atoms with Crippen molar-refractivity contribution < 1.29 is 4.79 Å². The molecule has 3 heterocycles. The molecule has 0 saturated carbocycles. The first-order valence-electron chi connectivity index (χ1n) is 7.41. The number of hydrogen-bond acceptors (Lipinski definition) is 4. The van der Waals surface area contributed by atoms with Crippen LogP contribution < -0.4 is 5.32 Å². The molecule has 8 heteroatoms. The summed E-state index contributed by atoms with van der Waals surface area (Å²) in [5, 5.41) is 12.0. The van der Waals surface area contributed by atoms with Crippen LogP contribution in [0.3, 0.4) is 0 Å². The normalized spacial score (nSPS) is 10.8. The fraction of sp³-hybridized carbons (Fsp3) is 0.250. The van der Waals surface area contributed by atoms with Crippen molar-refractivity contribution in [1.82, 2.24) is 24.5 Å². The minimum Gasteiger partial charge on any atom is -0.305 e. The van der Waals surface area contributed by atoms with Crippen LogP contribution in [0.15, 0.2) is 30.6 Å². The van der Waals surface area contributed by atoms with Crippen LogP contribution >= 0.6 is 11.6 Å². The lowest BCUT2D eigenvalue weighted by Gasteiger charge is -2.05. The highest BCUT2D eigenvalue weighted by molar-refractivity contribution is 6.31. The number of aromatic nitrogens is 5. The summed E-state index contributed by atoms with van der Waals surface area (Å²) in [6, 6.07) is 5.31. The number of amides is 1. The molecule has 0 unspecified atom stereocenters. The average molecular weight is 345 g/mol. The molecule has 1 N–H and O–H groups in total. The first-order valence-corrected chi connectivity index (χ1v) is 7.79. The molecule has 0 aliphatic heterocycles. The van der Waals surface area contributed by atoms with Gasteiger partial charge < -0.3 is 5.32 Å². The third kappa shape index (κ3) is 3.30. The molecule has 0 bridgehead atoms. The Morgan fingerprint density at radius 1 is 1.25 bits per heavy atom. The van der Waals surface area contributed by atoms with Gasteiger partial charge in [0.1, 0.15) is 12.5 Å². The average Bonchev–Trinajstić information content (AvgIpc) is 3.09. The first kappa shape index (κ1) is 16.2. The highest BCUT2D eigenvalue weighted by Crippen LogP contribution is 2.18. The Morgan fingerprint density at radius 3 is 2.71 bits per heavy atom. The lowest BCUT2D eigenvalue weighted by atomic mass is 10.3. The molecule has 3 rings (SSSR count). The number of rotatable bonds is 4. The SMILES string of the molecule is Cc1ccnc(NC(=O)c2ccn(Cn3nc(C)c(Cl)c3C)n2)c1. The Balaban J connectivity index is 1.73. The summed E-state index contributed by atoms with van der Waals surface area (Å²) in [5.74, 6) is 0.193. The van der Waals surface area contributed by atoms with Crippen molar-refractivity contribution in [3.05, 3.63) is 58.3 Å². The minimum absolute atomic E-state index is 0.307. The van der Waals surface area contributed by atoms with Gasteiger partial charge in [-0.3, -0.25) is 9.48 Å². The summed E-state index contributed by atoms with van der Waals surface area (Å²) in [6.07, 6.45) is 3.37. The van der Waals surface area contributed by atoms with Crippen molar-refractivity contribution in [3.63, 3.8) is 0 Å². The van der Waals surface area contributed by atoms with Crippen LogP contribution in [0.4, 0.5) is 5.82 Å². The van der Waals surface area contributed by atoms with Gasteiger partial charge in [-0.2, -0.15) is 10.2 Å². The molecule has 0 radical (unpaired) electrons. The summed E-state index contributed by atoms with van der Waals surface area (Å²) < 4.78 is 3.38. The maximum Gasteiger partial charge on any atom is 0.277 e. The van der Waals surface area contributed by atoms with E-state index in [-0.39, 0.29) is 5.91 Å². The molecule has 0 spiro atoms. The van der Waals surface area contributed by atoms with Crippen molar-refractivity contribution in [2.24, 2.45) is 0 Å². The molecule has 3 aromatic rings. The molecule has 1 amide bonds. The van der Waals surface area contributed by atoms with Crippen molar-refractivity contribution >= 4 is 23.3 Å². The van der Waals surface area contributed by atoms with Gasteiger partial charge in [-0.05, 0) is 44.5 Å². The van der Waals surface area contributed by atoms with Crippen LogP contribution in [0.25, 0.3) is 0 Å². The zero-order chi connectivity index (χ0) is 17.3. The number of hydrogen-bond donors (Lipinski definition) is 1. The van der Waals surface area contributed by atoms with E-state index in [1.165, 1.54) is 0 Å². The van der Waals surface area contributed by atoms with E-state index < -0.39 is 0 Å². The molecule has 124 valence electrons. The van der Waals surface area contributed by atoms with E-state index >= 15 is 0 Å². The fourth-order valence-electron chi connectivity index (χ4n) is 2.30. The monoisotopic (exact) mass is 344 g/mol. The first-order chi connectivity index (χ1) is 11.4. The standard InChI is InChI=1S/C16H17ClN6O/c1-10-4-6-18-14(8-10)19-16(24)13-5-7-22(21-13)9-23-12(3)15(17)11(2)20-23/h4-8H,9H2,1-3H3,(H,18,19,24). The molecule has 0 aromatic carbocycles. The molecule has 3 aromatic heterocycles. The maximum atomic E-state index is 12.2. The van der Waals surface area contributed by atoms with E-state index in [9.17, 15) is 4.79 Å². The van der Waals surface area contributed by atoms with Crippen LogP contribution in [0.2, 0.25) is 5.02 Å². The third-order valence-electron chi connectivity index (χ3n) is 3.60. The van der Waals surface area contributed by atoms with E-state index in [2.05, 4.69) is 20.5 Å². The van der Waals surface area contributed by atoms with Crippen molar-refractivity contribution in [2.75, 3.05) is 5.32 Å². The predicted octanol–water partition coefficient (Wildman–Crippen LogP) is 2.81. The van der Waals surface area contributed by atoms with Crippen LogP contribution in [0.1, 0.15) is 27.4 Å². The fourth-order valence-corrected chi connectivity index (χ4v) is 2.43. The summed E-state index contributed by atoms with van der Waals surface area (Å²) >= 11 is 6.14. The quantitative estimate of drug-likeness (QED) is 0.789. The number of carbonyl (C=O) groups is 1. The van der Waals surface area contributed by atoms with Gasteiger partial charge in [0, 0.05) is 12.4 Å². The van der Waals surface area contributed by atoms with Gasteiger partial charge in [0.15, 0.2) is 5.69 Å². The highest BCUT2D eigenvalue weighted by atomic mass is 35.5. The molecule has 0 aliphatic carbocycles. The molecular formula is C16H17ClN6O. The lowest BCUT2D eigenvalue weighted by Crippen LogP contribution is -2.16. The second kappa shape index (κ2) is 6.45. The van der Waals surface area contributed by atoms with Crippen LogP contribution in [-0.4, -0.2) is 30.5 Å².